The number of rotatable bonds is 6. The average Bonchev–Trinajstić information content (AvgIpc) is 2.73. The molecule has 1 unspecified atom stereocenters. The predicted octanol–water partition coefficient (Wildman–Crippen LogP) is 3.10. The Morgan fingerprint density at radius 2 is 1.65 bits per heavy atom. The molecule has 11 heteroatoms. The summed E-state index contributed by atoms with van der Waals surface area (Å²) in [5, 5.41) is 2.72. The Hall–Kier alpha value is -2.63. The van der Waals surface area contributed by atoms with Crippen molar-refractivity contribution in [1.29, 1.82) is 0 Å². The number of carbonyl (C=O) groups is 1. The first kappa shape index (κ1) is 23.0. The Morgan fingerprint density at radius 3 is 2.19 bits per heavy atom. The number of amides is 1. The third-order valence-electron chi connectivity index (χ3n) is 4.69. The molecule has 2 aromatic rings. The highest BCUT2D eigenvalue weighted by Gasteiger charge is 2.31. The second-order valence-electron chi connectivity index (χ2n) is 6.85. The van der Waals surface area contributed by atoms with Gasteiger partial charge < -0.3 is 14.8 Å². The standard InChI is InChI=1S/C20H21F3N2O5S/c1-14(15-2-6-17(7-3-15)30-20(21,22)23)24-19(26)16-4-8-18(9-5-16)31(27,28)25-10-12-29-13-11-25/h2-9,14H,10-13H2,1H3,(H,24,26). The highest BCUT2D eigenvalue weighted by molar-refractivity contribution is 7.89. The first-order chi connectivity index (χ1) is 14.6. The number of sulfonamides is 1. The van der Waals surface area contributed by atoms with E-state index in [9.17, 15) is 26.4 Å². The van der Waals surface area contributed by atoms with Crippen molar-refractivity contribution < 1.29 is 35.9 Å². The van der Waals surface area contributed by atoms with E-state index in [2.05, 4.69) is 10.1 Å². The summed E-state index contributed by atoms with van der Waals surface area (Å²) in [7, 11) is -3.66. The topological polar surface area (TPSA) is 84.9 Å². The summed E-state index contributed by atoms with van der Waals surface area (Å²) in [6.45, 7) is 2.89. The predicted molar refractivity (Wildman–Crippen MR) is 105 cm³/mol. The first-order valence-electron chi connectivity index (χ1n) is 9.41. The summed E-state index contributed by atoms with van der Waals surface area (Å²) < 4.78 is 72.3. The van der Waals surface area contributed by atoms with E-state index in [1.165, 1.54) is 40.7 Å². The molecular formula is C20H21F3N2O5S. The minimum Gasteiger partial charge on any atom is -0.406 e. The summed E-state index contributed by atoms with van der Waals surface area (Å²) in [4.78, 5) is 12.6. The maximum absolute atomic E-state index is 12.6. The van der Waals surface area contributed by atoms with E-state index >= 15 is 0 Å². The Bertz CT molecular complexity index is 1000. The largest absolute Gasteiger partial charge is 0.573 e. The van der Waals surface area contributed by atoms with Crippen molar-refractivity contribution in [2.45, 2.75) is 24.2 Å². The van der Waals surface area contributed by atoms with Gasteiger partial charge in [-0.05, 0) is 48.9 Å². The van der Waals surface area contributed by atoms with Crippen LogP contribution in [0.25, 0.3) is 0 Å². The highest BCUT2D eigenvalue weighted by atomic mass is 32.2. The number of halogens is 3. The van der Waals surface area contributed by atoms with Gasteiger partial charge in [-0.25, -0.2) is 8.42 Å². The SMILES string of the molecule is CC(NC(=O)c1ccc(S(=O)(=O)N2CCOCC2)cc1)c1ccc(OC(F)(F)F)cc1. The zero-order chi connectivity index (χ0) is 22.6. The van der Waals surface area contributed by atoms with Crippen LogP contribution in [0.1, 0.15) is 28.9 Å². The molecule has 3 rings (SSSR count). The van der Waals surface area contributed by atoms with Gasteiger partial charge in [0.1, 0.15) is 5.75 Å². The number of hydrogen-bond donors (Lipinski definition) is 1. The number of nitrogens with zero attached hydrogens (tertiary/aromatic N) is 1. The van der Waals surface area contributed by atoms with Crippen LogP contribution in [0.2, 0.25) is 0 Å². The lowest BCUT2D eigenvalue weighted by Gasteiger charge is -2.26. The Balaban J connectivity index is 1.64. The van der Waals surface area contributed by atoms with E-state index < -0.39 is 28.3 Å². The average molecular weight is 458 g/mol. The van der Waals surface area contributed by atoms with Crippen LogP contribution in [0.5, 0.6) is 5.75 Å². The molecule has 2 aromatic carbocycles. The van der Waals surface area contributed by atoms with Crippen LogP contribution >= 0.6 is 0 Å². The molecular weight excluding hydrogens is 437 g/mol. The summed E-state index contributed by atoms with van der Waals surface area (Å²) in [6.07, 6.45) is -4.78. The van der Waals surface area contributed by atoms with Gasteiger partial charge in [-0.3, -0.25) is 4.79 Å². The second-order valence-corrected chi connectivity index (χ2v) is 8.79. The molecule has 168 valence electrons. The van der Waals surface area contributed by atoms with E-state index in [0.29, 0.717) is 18.8 Å². The second kappa shape index (κ2) is 9.25. The molecule has 1 aliphatic heterocycles. The summed E-state index contributed by atoms with van der Waals surface area (Å²) in [5.74, 6) is -0.801. The lowest BCUT2D eigenvalue weighted by molar-refractivity contribution is -0.274. The van der Waals surface area contributed by atoms with Crippen LogP contribution in [-0.4, -0.2) is 51.3 Å². The minimum atomic E-state index is -4.78. The first-order valence-corrected chi connectivity index (χ1v) is 10.8. The van der Waals surface area contributed by atoms with E-state index in [-0.39, 0.29) is 29.3 Å². The van der Waals surface area contributed by atoms with Crippen molar-refractivity contribution >= 4 is 15.9 Å². The maximum atomic E-state index is 12.6. The van der Waals surface area contributed by atoms with E-state index in [4.69, 9.17) is 4.74 Å². The van der Waals surface area contributed by atoms with E-state index in [1.54, 1.807) is 6.92 Å². The Labute approximate surface area is 177 Å². The van der Waals surface area contributed by atoms with Crippen LogP contribution in [0, 0.1) is 0 Å². The molecule has 1 amide bonds. The normalized spacial score (nSPS) is 16.5. The van der Waals surface area contributed by atoms with Gasteiger partial charge in [-0.1, -0.05) is 12.1 Å². The number of ether oxygens (including phenoxy) is 2. The van der Waals surface area contributed by atoms with Crippen molar-refractivity contribution in [2.75, 3.05) is 26.3 Å². The fourth-order valence-corrected chi connectivity index (χ4v) is 4.44. The summed E-state index contributed by atoms with van der Waals surface area (Å²) >= 11 is 0. The molecule has 7 nitrogen and oxygen atoms in total. The summed E-state index contributed by atoms with van der Waals surface area (Å²) in [6, 6.07) is 10.2. The molecule has 1 atom stereocenters. The molecule has 1 heterocycles. The van der Waals surface area contributed by atoms with Gasteiger partial charge >= 0.3 is 6.36 Å². The van der Waals surface area contributed by atoms with Crippen LogP contribution < -0.4 is 10.1 Å². The van der Waals surface area contributed by atoms with E-state index in [1.807, 2.05) is 0 Å². The smallest absolute Gasteiger partial charge is 0.406 e. The third kappa shape index (κ3) is 5.96. The highest BCUT2D eigenvalue weighted by Crippen LogP contribution is 2.24. The molecule has 0 bridgehead atoms. The van der Waals surface area contributed by atoms with E-state index in [0.717, 1.165) is 12.1 Å². The van der Waals surface area contributed by atoms with Gasteiger partial charge in [-0.2, -0.15) is 4.31 Å². The molecule has 0 spiro atoms. The number of nitrogens with one attached hydrogen (secondary N) is 1. The monoisotopic (exact) mass is 458 g/mol. The molecule has 1 saturated heterocycles. The zero-order valence-corrected chi connectivity index (χ0v) is 17.4. The van der Waals surface area contributed by atoms with Gasteiger partial charge in [-0.15, -0.1) is 13.2 Å². The van der Waals surface area contributed by atoms with Gasteiger partial charge in [0, 0.05) is 18.7 Å². The minimum absolute atomic E-state index is 0.0826. The lowest BCUT2D eigenvalue weighted by atomic mass is 10.1. The Morgan fingerprint density at radius 1 is 1.06 bits per heavy atom. The zero-order valence-electron chi connectivity index (χ0n) is 16.6. The summed E-state index contributed by atoms with van der Waals surface area (Å²) in [5.41, 5.74) is 0.833. The van der Waals surface area contributed by atoms with Gasteiger partial charge in [0.25, 0.3) is 5.91 Å². The molecule has 0 aliphatic carbocycles. The van der Waals surface area contributed by atoms with Crippen molar-refractivity contribution in [3.05, 3.63) is 59.7 Å². The quantitative estimate of drug-likeness (QED) is 0.719. The van der Waals surface area contributed by atoms with Crippen LogP contribution in [-0.2, 0) is 14.8 Å². The van der Waals surface area contributed by atoms with Gasteiger partial charge in [0.05, 0.1) is 24.2 Å². The van der Waals surface area contributed by atoms with Gasteiger partial charge in [0.15, 0.2) is 0 Å². The maximum Gasteiger partial charge on any atom is 0.573 e. The Kier molecular flexibility index (Phi) is 6.87. The van der Waals surface area contributed by atoms with Crippen molar-refractivity contribution in [3.8, 4) is 5.75 Å². The van der Waals surface area contributed by atoms with Crippen LogP contribution in [0.4, 0.5) is 13.2 Å². The molecule has 31 heavy (non-hydrogen) atoms. The fraction of sp³-hybridized carbons (Fsp3) is 0.350. The number of alkyl halides is 3. The van der Waals surface area contributed by atoms with Crippen molar-refractivity contribution in [1.82, 2.24) is 9.62 Å². The van der Waals surface area contributed by atoms with Crippen LogP contribution in [0.15, 0.2) is 53.4 Å². The molecule has 0 saturated carbocycles. The van der Waals surface area contributed by atoms with Crippen molar-refractivity contribution in [3.63, 3.8) is 0 Å². The number of hydrogen-bond acceptors (Lipinski definition) is 5. The molecule has 1 fully saturated rings. The van der Waals surface area contributed by atoms with Crippen LogP contribution in [0.3, 0.4) is 0 Å². The van der Waals surface area contributed by atoms with Gasteiger partial charge in [0.2, 0.25) is 10.0 Å². The molecule has 0 radical (unpaired) electrons. The lowest BCUT2D eigenvalue weighted by Crippen LogP contribution is -2.40. The van der Waals surface area contributed by atoms with Crippen molar-refractivity contribution in [2.24, 2.45) is 0 Å². The molecule has 1 aliphatic rings. The number of carbonyl (C=O) groups excluding carboxylic acids is 1. The fourth-order valence-electron chi connectivity index (χ4n) is 3.04. The number of morpholine rings is 1. The molecule has 0 aromatic heterocycles. The number of benzene rings is 2. The third-order valence-corrected chi connectivity index (χ3v) is 6.60. The molecule has 1 N–H and O–H groups in total.